The fourth-order valence-electron chi connectivity index (χ4n) is 1.78. The van der Waals surface area contributed by atoms with Crippen molar-refractivity contribution in [3.8, 4) is 0 Å². The van der Waals surface area contributed by atoms with Gasteiger partial charge in [-0.25, -0.2) is 0 Å². The zero-order chi connectivity index (χ0) is 15.2. The summed E-state index contributed by atoms with van der Waals surface area (Å²) in [5, 5.41) is 12.3. The lowest BCUT2D eigenvalue weighted by molar-refractivity contribution is -0.131. The molecule has 0 aromatic heterocycles. The lowest BCUT2D eigenvalue weighted by Crippen LogP contribution is -2.21. The Morgan fingerprint density at radius 1 is 1.00 bits per heavy atom. The molecule has 2 N–H and O–H groups in total. The summed E-state index contributed by atoms with van der Waals surface area (Å²) in [6.07, 6.45) is 0.920. The molecule has 0 aliphatic rings. The molecule has 0 saturated heterocycles. The Balaban J connectivity index is 2.10. The van der Waals surface area contributed by atoms with Crippen molar-refractivity contribution in [2.24, 2.45) is 0 Å². The predicted octanol–water partition coefficient (Wildman–Crippen LogP) is 3.10. The van der Waals surface area contributed by atoms with Crippen LogP contribution in [0.3, 0.4) is 0 Å². The third-order valence-corrected chi connectivity index (χ3v) is 2.95. The van der Waals surface area contributed by atoms with E-state index in [9.17, 15) is 14.7 Å². The molecule has 2 rings (SSSR count). The van der Waals surface area contributed by atoms with E-state index in [-0.39, 0.29) is 5.76 Å². The van der Waals surface area contributed by atoms with Crippen LogP contribution in [-0.4, -0.2) is 16.8 Å². The zero-order valence-corrected chi connectivity index (χ0v) is 11.5. The van der Waals surface area contributed by atoms with E-state index in [1.165, 1.54) is 0 Å². The highest BCUT2D eigenvalue weighted by Crippen LogP contribution is 2.14. The molecule has 106 valence electrons. The van der Waals surface area contributed by atoms with Gasteiger partial charge in [-0.3, -0.25) is 9.59 Å². The quantitative estimate of drug-likeness (QED) is 0.514. The van der Waals surface area contributed by atoms with E-state index in [0.29, 0.717) is 11.3 Å². The highest BCUT2D eigenvalue weighted by molar-refractivity contribution is 6.45. The minimum atomic E-state index is -0.806. The van der Waals surface area contributed by atoms with Crippen molar-refractivity contribution in [3.05, 3.63) is 71.8 Å². The average Bonchev–Trinajstić information content (AvgIpc) is 2.50. The van der Waals surface area contributed by atoms with Gasteiger partial charge >= 0.3 is 0 Å². The maximum absolute atomic E-state index is 11.8. The van der Waals surface area contributed by atoms with Crippen LogP contribution >= 0.6 is 0 Å². The molecule has 1 amide bonds. The lowest BCUT2D eigenvalue weighted by atomic mass is 10.1. The first-order valence-electron chi connectivity index (χ1n) is 6.45. The maximum atomic E-state index is 11.8. The minimum absolute atomic E-state index is 0.236. The van der Waals surface area contributed by atoms with Crippen molar-refractivity contribution in [1.82, 2.24) is 0 Å². The van der Waals surface area contributed by atoms with Crippen molar-refractivity contribution < 1.29 is 14.7 Å². The molecule has 2 aromatic rings. The summed E-state index contributed by atoms with van der Waals surface area (Å²) >= 11 is 0. The second-order valence-corrected chi connectivity index (χ2v) is 4.53. The standard InChI is InChI=1S/C17H15NO3/c1-12-7-5-6-10-14(12)18-17(21)16(20)11-15(19)13-8-3-2-4-9-13/h2-11,19H,1H3,(H,18,21)/b15-11-. The van der Waals surface area contributed by atoms with Crippen LogP contribution in [0.1, 0.15) is 11.1 Å². The molecule has 0 unspecified atom stereocenters. The maximum Gasteiger partial charge on any atom is 0.296 e. The van der Waals surface area contributed by atoms with Crippen molar-refractivity contribution >= 4 is 23.1 Å². The fraction of sp³-hybridized carbons (Fsp3) is 0.0588. The number of benzene rings is 2. The Morgan fingerprint density at radius 3 is 2.29 bits per heavy atom. The number of aryl methyl sites for hydroxylation is 1. The number of rotatable bonds is 4. The number of aliphatic hydroxyl groups is 1. The van der Waals surface area contributed by atoms with Gasteiger partial charge in [0.15, 0.2) is 0 Å². The van der Waals surface area contributed by atoms with E-state index in [1.54, 1.807) is 42.5 Å². The molecule has 0 spiro atoms. The highest BCUT2D eigenvalue weighted by atomic mass is 16.3. The third-order valence-electron chi connectivity index (χ3n) is 2.95. The van der Waals surface area contributed by atoms with Crippen LogP contribution < -0.4 is 5.32 Å². The van der Waals surface area contributed by atoms with E-state index < -0.39 is 11.7 Å². The summed E-state index contributed by atoms with van der Waals surface area (Å²) in [7, 11) is 0. The second kappa shape index (κ2) is 6.52. The molecular formula is C17H15NO3. The van der Waals surface area contributed by atoms with Crippen LogP contribution in [0.5, 0.6) is 0 Å². The van der Waals surface area contributed by atoms with Gasteiger partial charge in [0.2, 0.25) is 5.78 Å². The van der Waals surface area contributed by atoms with E-state index in [1.807, 2.05) is 19.1 Å². The van der Waals surface area contributed by atoms with E-state index in [0.717, 1.165) is 11.6 Å². The molecule has 0 heterocycles. The molecule has 0 aliphatic carbocycles. The first-order chi connectivity index (χ1) is 10.1. The molecule has 0 fully saturated rings. The van der Waals surface area contributed by atoms with Crippen molar-refractivity contribution in [2.75, 3.05) is 5.32 Å². The van der Waals surface area contributed by atoms with Crippen LogP contribution in [0.4, 0.5) is 5.69 Å². The first-order valence-corrected chi connectivity index (χ1v) is 6.45. The van der Waals surface area contributed by atoms with Gasteiger partial charge in [-0.05, 0) is 18.6 Å². The molecule has 2 aromatic carbocycles. The van der Waals surface area contributed by atoms with Gasteiger partial charge in [-0.15, -0.1) is 0 Å². The van der Waals surface area contributed by atoms with E-state index in [2.05, 4.69) is 5.32 Å². The number of anilines is 1. The van der Waals surface area contributed by atoms with Crippen LogP contribution in [0, 0.1) is 6.92 Å². The van der Waals surface area contributed by atoms with Gasteiger partial charge in [0.25, 0.3) is 5.91 Å². The number of para-hydroxylation sites is 1. The molecule has 4 heteroatoms. The van der Waals surface area contributed by atoms with E-state index in [4.69, 9.17) is 0 Å². The summed E-state index contributed by atoms with van der Waals surface area (Å²) in [5.74, 6) is -1.83. The topological polar surface area (TPSA) is 66.4 Å². The summed E-state index contributed by atoms with van der Waals surface area (Å²) in [6.45, 7) is 1.83. The van der Waals surface area contributed by atoms with Gasteiger partial charge in [0.05, 0.1) is 0 Å². The normalized spacial score (nSPS) is 11.0. The fourth-order valence-corrected chi connectivity index (χ4v) is 1.78. The lowest BCUT2D eigenvalue weighted by Gasteiger charge is -2.06. The van der Waals surface area contributed by atoms with Crippen LogP contribution in [-0.2, 0) is 9.59 Å². The molecule has 21 heavy (non-hydrogen) atoms. The van der Waals surface area contributed by atoms with Crippen LogP contribution in [0.2, 0.25) is 0 Å². The molecule has 4 nitrogen and oxygen atoms in total. The summed E-state index contributed by atoms with van der Waals surface area (Å²) in [5.41, 5.74) is 1.91. The SMILES string of the molecule is Cc1ccccc1NC(=O)C(=O)/C=C(\O)c1ccccc1. The second-order valence-electron chi connectivity index (χ2n) is 4.53. The van der Waals surface area contributed by atoms with Crippen LogP contribution in [0.25, 0.3) is 5.76 Å². The number of ketones is 1. The van der Waals surface area contributed by atoms with Crippen molar-refractivity contribution in [2.45, 2.75) is 6.92 Å². The number of amides is 1. The molecule has 0 radical (unpaired) electrons. The molecule has 0 aliphatic heterocycles. The predicted molar refractivity (Wildman–Crippen MR) is 81.9 cm³/mol. The number of hydrogen-bond acceptors (Lipinski definition) is 3. The smallest absolute Gasteiger partial charge is 0.296 e. The van der Waals surface area contributed by atoms with Gasteiger partial charge < -0.3 is 10.4 Å². The minimum Gasteiger partial charge on any atom is -0.507 e. The molecule has 0 bridgehead atoms. The summed E-state index contributed by atoms with van der Waals surface area (Å²) in [4.78, 5) is 23.6. The Morgan fingerprint density at radius 2 is 1.62 bits per heavy atom. The number of carbonyl (C=O) groups excluding carboxylic acids is 2. The monoisotopic (exact) mass is 281 g/mol. The number of carbonyl (C=O) groups is 2. The van der Waals surface area contributed by atoms with Gasteiger partial charge in [0, 0.05) is 17.3 Å². The molecular weight excluding hydrogens is 266 g/mol. The van der Waals surface area contributed by atoms with Gasteiger partial charge in [0.1, 0.15) is 5.76 Å². The molecule has 0 atom stereocenters. The molecule has 0 saturated carbocycles. The summed E-state index contributed by atoms with van der Waals surface area (Å²) < 4.78 is 0. The Labute approximate surface area is 122 Å². The number of hydrogen-bond donors (Lipinski definition) is 2. The van der Waals surface area contributed by atoms with Crippen molar-refractivity contribution in [3.63, 3.8) is 0 Å². The summed E-state index contributed by atoms with van der Waals surface area (Å²) in [6, 6.07) is 15.7. The zero-order valence-electron chi connectivity index (χ0n) is 11.5. The largest absolute Gasteiger partial charge is 0.507 e. The highest BCUT2D eigenvalue weighted by Gasteiger charge is 2.13. The van der Waals surface area contributed by atoms with Crippen LogP contribution in [0.15, 0.2) is 60.7 Å². The average molecular weight is 281 g/mol. The van der Waals surface area contributed by atoms with Gasteiger partial charge in [-0.1, -0.05) is 48.5 Å². The Hall–Kier alpha value is -2.88. The first kappa shape index (κ1) is 14.5. The van der Waals surface area contributed by atoms with Gasteiger partial charge in [-0.2, -0.15) is 0 Å². The Bertz CT molecular complexity index is 690. The van der Waals surface area contributed by atoms with Crippen molar-refractivity contribution in [1.29, 1.82) is 0 Å². The third kappa shape index (κ3) is 3.79. The number of nitrogens with one attached hydrogen (secondary N) is 1. The Kier molecular flexibility index (Phi) is 4.51. The number of aliphatic hydroxyl groups excluding tert-OH is 1. The van der Waals surface area contributed by atoms with E-state index >= 15 is 0 Å².